The van der Waals surface area contributed by atoms with Crippen LogP contribution in [0.15, 0.2) is 66.9 Å². The maximum Gasteiger partial charge on any atom is 0.228 e. The van der Waals surface area contributed by atoms with E-state index in [-0.39, 0.29) is 18.4 Å². The van der Waals surface area contributed by atoms with Gasteiger partial charge in [0.1, 0.15) is 18.4 Å². The summed E-state index contributed by atoms with van der Waals surface area (Å²) in [6.07, 6.45) is 7.14. The maximum absolute atomic E-state index is 13.5. The quantitative estimate of drug-likeness (QED) is 0.459. The van der Waals surface area contributed by atoms with E-state index >= 15 is 0 Å². The van der Waals surface area contributed by atoms with Gasteiger partial charge in [0, 0.05) is 48.5 Å². The van der Waals surface area contributed by atoms with Gasteiger partial charge in [0.2, 0.25) is 5.91 Å². The number of amides is 1. The van der Waals surface area contributed by atoms with Gasteiger partial charge in [-0.15, -0.1) is 0 Å². The Kier molecular flexibility index (Phi) is 7.00. The van der Waals surface area contributed by atoms with Gasteiger partial charge >= 0.3 is 0 Å². The molecule has 0 radical (unpaired) electrons. The van der Waals surface area contributed by atoms with E-state index < -0.39 is 11.0 Å². The van der Waals surface area contributed by atoms with Crippen molar-refractivity contribution in [3.05, 3.63) is 94.8 Å². The van der Waals surface area contributed by atoms with Gasteiger partial charge in [-0.1, -0.05) is 42.5 Å². The number of nitrogens with zero attached hydrogens (tertiary/aromatic N) is 4. The molecule has 0 unspecified atom stereocenters. The van der Waals surface area contributed by atoms with Crippen LogP contribution in [0.4, 0.5) is 0 Å². The largest absolute Gasteiger partial charge is 0.487 e. The standard InChI is InChI=1S/C35H38N4O3/c36-22-28-12-11-27-20-30-35(41)15-19-38(31(40)21-29-8-4-5-16-37-29)17-13-34(35,14-18-39(30)23-25-9-10-25)32(27)33(28)42-24-26-6-2-1-3-7-26/h1-8,11-12,16,25,30,41H,9-10,13-15,17-21,23-24H2/t30-,34+,35-/m1/s1. The van der Waals surface area contributed by atoms with Crippen LogP contribution in [0.3, 0.4) is 0 Å². The highest BCUT2D eigenvalue weighted by molar-refractivity contribution is 5.78. The molecule has 3 atom stereocenters. The number of aromatic nitrogens is 1. The zero-order valence-corrected chi connectivity index (χ0v) is 24.0. The van der Waals surface area contributed by atoms with Crippen LogP contribution in [0.5, 0.6) is 5.75 Å². The van der Waals surface area contributed by atoms with Crippen LogP contribution in [0.2, 0.25) is 0 Å². The molecule has 3 heterocycles. The number of piperidine rings is 1. The molecule has 3 fully saturated rings. The number of hydrogen-bond donors (Lipinski definition) is 1. The summed E-state index contributed by atoms with van der Waals surface area (Å²) in [7, 11) is 0. The smallest absolute Gasteiger partial charge is 0.228 e. The molecule has 2 bridgehead atoms. The zero-order chi connectivity index (χ0) is 28.7. The van der Waals surface area contributed by atoms with Crippen molar-refractivity contribution in [2.45, 2.75) is 68.6 Å². The lowest BCUT2D eigenvalue weighted by atomic mass is 9.52. The van der Waals surface area contributed by atoms with Crippen molar-refractivity contribution in [2.75, 3.05) is 26.2 Å². The lowest BCUT2D eigenvalue weighted by molar-refractivity contribution is -0.150. The van der Waals surface area contributed by atoms with E-state index in [0.717, 1.165) is 48.7 Å². The summed E-state index contributed by atoms with van der Waals surface area (Å²) in [5.74, 6) is 1.37. The molecule has 42 heavy (non-hydrogen) atoms. The van der Waals surface area contributed by atoms with Crippen molar-refractivity contribution in [3.63, 3.8) is 0 Å². The fraction of sp³-hybridized carbons (Fsp3) is 0.457. The second-order valence-corrected chi connectivity index (χ2v) is 12.7. The molecule has 2 saturated heterocycles. The molecule has 216 valence electrons. The second-order valence-electron chi connectivity index (χ2n) is 12.7. The Morgan fingerprint density at radius 2 is 1.81 bits per heavy atom. The van der Waals surface area contributed by atoms with E-state index in [0.29, 0.717) is 43.9 Å². The van der Waals surface area contributed by atoms with Gasteiger partial charge in [0.25, 0.3) is 0 Å². The predicted octanol–water partition coefficient (Wildman–Crippen LogP) is 4.41. The van der Waals surface area contributed by atoms with E-state index in [9.17, 15) is 15.2 Å². The van der Waals surface area contributed by atoms with E-state index in [1.54, 1.807) is 6.20 Å². The Balaban J connectivity index is 1.28. The van der Waals surface area contributed by atoms with Crippen LogP contribution in [-0.4, -0.2) is 63.6 Å². The van der Waals surface area contributed by atoms with E-state index in [1.807, 2.05) is 59.5 Å². The molecule has 4 aliphatic rings. The SMILES string of the molecule is N#Cc1ccc2c(c1OCc1ccccc1)[C@@]13CCN(C(=O)Cc4ccccn4)CC[C@@]1(O)[C@@H](C2)N(CC1CC1)CC3. The van der Waals surface area contributed by atoms with Crippen molar-refractivity contribution < 1.29 is 14.6 Å². The number of likely N-dealkylation sites (tertiary alicyclic amines) is 2. The molecule has 1 aromatic heterocycles. The maximum atomic E-state index is 13.5. The summed E-state index contributed by atoms with van der Waals surface area (Å²) < 4.78 is 6.55. The van der Waals surface area contributed by atoms with Gasteiger partial charge in [-0.3, -0.25) is 14.7 Å². The number of rotatable bonds is 7. The second kappa shape index (κ2) is 10.8. The lowest BCUT2D eigenvalue weighted by Gasteiger charge is -2.61. The summed E-state index contributed by atoms with van der Waals surface area (Å²) in [6, 6.07) is 22.0. The number of pyridine rings is 1. The van der Waals surface area contributed by atoms with Gasteiger partial charge < -0.3 is 14.7 Å². The van der Waals surface area contributed by atoms with E-state index in [2.05, 4.69) is 22.0 Å². The molecule has 2 aliphatic heterocycles. The molecule has 0 spiro atoms. The monoisotopic (exact) mass is 562 g/mol. The topological polar surface area (TPSA) is 89.7 Å². The van der Waals surface area contributed by atoms with Crippen LogP contribution >= 0.6 is 0 Å². The first-order valence-electron chi connectivity index (χ1n) is 15.4. The number of fused-ring (bicyclic) bond motifs is 1. The van der Waals surface area contributed by atoms with Gasteiger partial charge in [-0.2, -0.15) is 5.26 Å². The first-order valence-corrected chi connectivity index (χ1v) is 15.4. The summed E-state index contributed by atoms with van der Waals surface area (Å²) in [5.41, 5.74) is 2.83. The lowest BCUT2D eigenvalue weighted by Crippen LogP contribution is -2.71. The molecule has 7 rings (SSSR count). The summed E-state index contributed by atoms with van der Waals surface area (Å²) in [4.78, 5) is 22.4. The van der Waals surface area contributed by atoms with E-state index in [1.165, 1.54) is 18.4 Å². The highest BCUT2D eigenvalue weighted by atomic mass is 16.5. The Morgan fingerprint density at radius 1 is 1.02 bits per heavy atom. The number of nitriles is 1. The van der Waals surface area contributed by atoms with Crippen LogP contribution in [0.25, 0.3) is 0 Å². The van der Waals surface area contributed by atoms with Crippen LogP contribution < -0.4 is 4.74 Å². The highest BCUT2D eigenvalue weighted by Gasteiger charge is 2.64. The molecular formula is C35H38N4O3. The van der Waals surface area contributed by atoms with Gasteiger partial charge in [-0.05, 0) is 80.3 Å². The van der Waals surface area contributed by atoms with Gasteiger partial charge in [0.05, 0.1) is 17.6 Å². The Hall–Kier alpha value is -3.73. The molecule has 3 aromatic rings. The zero-order valence-electron chi connectivity index (χ0n) is 24.0. The minimum absolute atomic E-state index is 0.0277. The number of hydrogen-bond acceptors (Lipinski definition) is 6. The van der Waals surface area contributed by atoms with Crippen molar-refractivity contribution >= 4 is 5.91 Å². The molecule has 1 saturated carbocycles. The van der Waals surface area contributed by atoms with Crippen molar-refractivity contribution in [1.29, 1.82) is 5.26 Å². The number of benzene rings is 2. The third kappa shape index (κ3) is 4.67. The first kappa shape index (κ1) is 27.1. The summed E-state index contributed by atoms with van der Waals surface area (Å²) in [6.45, 7) is 3.34. The normalized spacial score (nSPS) is 26.9. The molecule has 1 N–H and O–H groups in total. The van der Waals surface area contributed by atoms with Crippen molar-refractivity contribution in [2.24, 2.45) is 5.92 Å². The van der Waals surface area contributed by atoms with Gasteiger partial charge in [0.15, 0.2) is 0 Å². The Labute approximate surface area is 247 Å². The van der Waals surface area contributed by atoms with Gasteiger partial charge in [-0.25, -0.2) is 0 Å². The Morgan fingerprint density at radius 3 is 2.57 bits per heavy atom. The number of aliphatic hydroxyl groups is 1. The predicted molar refractivity (Wildman–Crippen MR) is 159 cm³/mol. The van der Waals surface area contributed by atoms with Crippen LogP contribution in [0, 0.1) is 17.2 Å². The Bertz CT molecular complexity index is 1500. The van der Waals surface area contributed by atoms with Crippen molar-refractivity contribution in [1.82, 2.24) is 14.8 Å². The third-order valence-electron chi connectivity index (χ3n) is 10.3. The molecule has 1 amide bonds. The molecular weight excluding hydrogens is 524 g/mol. The number of ether oxygens (including phenoxy) is 1. The minimum Gasteiger partial charge on any atom is -0.487 e. The minimum atomic E-state index is -1.04. The fourth-order valence-electron chi connectivity index (χ4n) is 7.95. The first-order chi connectivity index (χ1) is 20.5. The van der Waals surface area contributed by atoms with Crippen LogP contribution in [0.1, 0.15) is 60.1 Å². The third-order valence-corrected chi connectivity index (χ3v) is 10.3. The molecule has 7 heteroatoms. The average Bonchev–Trinajstić information content (AvgIpc) is 3.85. The summed E-state index contributed by atoms with van der Waals surface area (Å²) >= 11 is 0. The number of carbonyl (C=O) groups is 1. The van der Waals surface area contributed by atoms with E-state index in [4.69, 9.17) is 4.74 Å². The highest BCUT2D eigenvalue weighted by Crippen LogP contribution is 2.59. The molecule has 2 aliphatic carbocycles. The summed E-state index contributed by atoms with van der Waals surface area (Å²) in [5, 5.41) is 23.2. The average molecular weight is 563 g/mol. The van der Waals surface area contributed by atoms with Crippen molar-refractivity contribution in [3.8, 4) is 11.8 Å². The van der Waals surface area contributed by atoms with Crippen LogP contribution in [-0.2, 0) is 29.7 Å². The molecule has 7 nitrogen and oxygen atoms in total. The molecule has 2 aromatic carbocycles. The fourth-order valence-corrected chi connectivity index (χ4v) is 7.95. The number of carbonyl (C=O) groups excluding carboxylic acids is 1.